The SMILES string of the molecule is CCCCCCCCCCCCCCC[Si](C)(OC(C)C)OC(C)C. The van der Waals surface area contributed by atoms with E-state index in [-0.39, 0.29) is 12.2 Å². The summed E-state index contributed by atoms with van der Waals surface area (Å²) in [7, 11) is -1.98. The zero-order chi connectivity index (χ0) is 19.0. The van der Waals surface area contributed by atoms with Gasteiger partial charge >= 0.3 is 8.56 Å². The van der Waals surface area contributed by atoms with Crippen molar-refractivity contribution >= 4 is 8.56 Å². The molecule has 0 rings (SSSR count). The smallest absolute Gasteiger partial charge is 0.335 e. The van der Waals surface area contributed by atoms with Crippen molar-refractivity contribution in [1.29, 1.82) is 0 Å². The van der Waals surface area contributed by atoms with E-state index >= 15 is 0 Å². The average molecular weight is 373 g/mol. The van der Waals surface area contributed by atoms with Gasteiger partial charge in [-0.3, -0.25) is 0 Å². The molecule has 0 radical (unpaired) electrons. The van der Waals surface area contributed by atoms with Gasteiger partial charge in [0.1, 0.15) is 0 Å². The highest BCUT2D eigenvalue weighted by atomic mass is 28.4. The normalized spacial score (nSPS) is 12.5. The van der Waals surface area contributed by atoms with Crippen LogP contribution in [0.1, 0.15) is 118 Å². The third kappa shape index (κ3) is 17.3. The summed E-state index contributed by atoms with van der Waals surface area (Å²) in [5.41, 5.74) is 0. The van der Waals surface area contributed by atoms with Gasteiger partial charge in [-0.25, -0.2) is 0 Å². The van der Waals surface area contributed by atoms with E-state index in [1.165, 1.54) is 83.5 Å². The van der Waals surface area contributed by atoms with Gasteiger partial charge < -0.3 is 8.85 Å². The fourth-order valence-corrected chi connectivity index (χ4v) is 6.78. The monoisotopic (exact) mass is 372 g/mol. The molecular formula is C22H48O2Si. The molecule has 0 spiro atoms. The van der Waals surface area contributed by atoms with Crippen molar-refractivity contribution in [1.82, 2.24) is 0 Å². The molecule has 0 amide bonds. The topological polar surface area (TPSA) is 18.5 Å². The van der Waals surface area contributed by atoms with Gasteiger partial charge in [0.25, 0.3) is 0 Å². The number of hydrogen-bond donors (Lipinski definition) is 0. The lowest BCUT2D eigenvalue weighted by Crippen LogP contribution is -2.42. The highest BCUT2D eigenvalue weighted by Crippen LogP contribution is 2.22. The molecule has 0 fully saturated rings. The lowest BCUT2D eigenvalue weighted by atomic mass is 10.1. The minimum absolute atomic E-state index is 0.275. The van der Waals surface area contributed by atoms with Gasteiger partial charge in [-0.05, 0) is 40.3 Å². The number of unbranched alkanes of at least 4 members (excludes halogenated alkanes) is 12. The van der Waals surface area contributed by atoms with Crippen LogP contribution in [0, 0.1) is 0 Å². The van der Waals surface area contributed by atoms with Crippen LogP contribution in [0.25, 0.3) is 0 Å². The van der Waals surface area contributed by atoms with Crippen molar-refractivity contribution in [2.45, 2.75) is 143 Å². The van der Waals surface area contributed by atoms with Crippen LogP contribution in [0.2, 0.25) is 12.6 Å². The van der Waals surface area contributed by atoms with E-state index in [1.807, 2.05) is 0 Å². The predicted octanol–water partition coefficient (Wildman–Crippen LogP) is 8.00. The van der Waals surface area contributed by atoms with Crippen molar-refractivity contribution in [2.75, 3.05) is 0 Å². The summed E-state index contributed by atoms with van der Waals surface area (Å²) in [6, 6.07) is 1.14. The molecule has 0 bridgehead atoms. The first-order valence-corrected chi connectivity index (χ1v) is 13.8. The lowest BCUT2D eigenvalue weighted by molar-refractivity contribution is 0.109. The first-order valence-electron chi connectivity index (χ1n) is 11.2. The van der Waals surface area contributed by atoms with Gasteiger partial charge in [0.2, 0.25) is 0 Å². The van der Waals surface area contributed by atoms with Crippen LogP contribution in [0.3, 0.4) is 0 Å². The van der Waals surface area contributed by atoms with Gasteiger partial charge in [-0.1, -0.05) is 90.4 Å². The van der Waals surface area contributed by atoms with Crippen LogP contribution in [0.4, 0.5) is 0 Å². The summed E-state index contributed by atoms with van der Waals surface area (Å²) in [6.45, 7) is 13.0. The maximum absolute atomic E-state index is 6.17. The molecule has 0 aromatic carbocycles. The highest BCUT2D eigenvalue weighted by Gasteiger charge is 2.33. The van der Waals surface area contributed by atoms with Crippen LogP contribution < -0.4 is 0 Å². The number of rotatable bonds is 18. The van der Waals surface area contributed by atoms with Crippen molar-refractivity contribution in [3.8, 4) is 0 Å². The van der Waals surface area contributed by atoms with E-state index in [4.69, 9.17) is 8.85 Å². The van der Waals surface area contributed by atoms with E-state index < -0.39 is 8.56 Å². The molecule has 0 atom stereocenters. The Hall–Kier alpha value is 0.137. The Labute approximate surface area is 160 Å². The fraction of sp³-hybridized carbons (Fsp3) is 1.00. The minimum atomic E-state index is -1.98. The van der Waals surface area contributed by atoms with E-state index in [0.29, 0.717) is 0 Å². The molecule has 0 saturated heterocycles. The van der Waals surface area contributed by atoms with E-state index in [9.17, 15) is 0 Å². The van der Waals surface area contributed by atoms with Gasteiger partial charge in [-0.2, -0.15) is 0 Å². The minimum Gasteiger partial charge on any atom is -0.392 e. The largest absolute Gasteiger partial charge is 0.392 e. The van der Waals surface area contributed by atoms with Gasteiger partial charge in [0.05, 0.1) is 0 Å². The molecule has 0 aromatic heterocycles. The molecule has 0 aliphatic carbocycles. The van der Waals surface area contributed by atoms with Crippen LogP contribution in [-0.2, 0) is 8.85 Å². The molecule has 25 heavy (non-hydrogen) atoms. The zero-order valence-electron chi connectivity index (χ0n) is 18.4. The molecule has 0 N–H and O–H groups in total. The molecule has 0 aromatic rings. The van der Waals surface area contributed by atoms with Crippen molar-refractivity contribution in [3.05, 3.63) is 0 Å². The second-order valence-corrected chi connectivity index (χ2v) is 11.7. The second kappa shape index (κ2) is 16.3. The molecule has 0 unspecified atom stereocenters. The van der Waals surface area contributed by atoms with E-state index in [0.717, 1.165) is 6.04 Å². The Morgan fingerprint density at radius 3 is 1.20 bits per heavy atom. The van der Waals surface area contributed by atoms with E-state index in [1.54, 1.807) is 0 Å². The summed E-state index contributed by atoms with van der Waals surface area (Å²) in [5, 5.41) is 0. The summed E-state index contributed by atoms with van der Waals surface area (Å²) in [6.07, 6.45) is 18.8. The molecule has 0 aliphatic rings. The summed E-state index contributed by atoms with van der Waals surface area (Å²) in [5.74, 6) is 0. The first-order chi connectivity index (χ1) is 11.9. The van der Waals surface area contributed by atoms with Gasteiger partial charge in [0, 0.05) is 12.2 Å². The van der Waals surface area contributed by atoms with Gasteiger partial charge in [-0.15, -0.1) is 0 Å². The average Bonchev–Trinajstić information content (AvgIpc) is 2.50. The third-order valence-corrected chi connectivity index (χ3v) is 7.91. The fourth-order valence-electron chi connectivity index (χ4n) is 3.61. The molecule has 0 saturated carbocycles. The Kier molecular flexibility index (Phi) is 16.4. The molecule has 2 nitrogen and oxygen atoms in total. The highest BCUT2D eigenvalue weighted by molar-refractivity contribution is 6.66. The Morgan fingerprint density at radius 1 is 0.560 bits per heavy atom. The zero-order valence-corrected chi connectivity index (χ0v) is 19.4. The molecule has 0 aliphatic heterocycles. The maximum atomic E-state index is 6.17. The summed E-state index contributed by atoms with van der Waals surface area (Å²) >= 11 is 0. The molecular weight excluding hydrogens is 324 g/mol. The summed E-state index contributed by atoms with van der Waals surface area (Å²) in [4.78, 5) is 0. The van der Waals surface area contributed by atoms with Crippen LogP contribution in [-0.4, -0.2) is 20.8 Å². The lowest BCUT2D eigenvalue weighted by Gasteiger charge is -2.31. The molecule has 0 heterocycles. The third-order valence-electron chi connectivity index (χ3n) is 4.70. The Morgan fingerprint density at radius 2 is 0.880 bits per heavy atom. The summed E-state index contributed by atoms with van der Waals surface area (Å²) < 4.78 is 12.3. The molecule has 152 valence electrons. The Balaban J connectivity index is 3.54. The van der Waals surface area contributed by atoms with Crippen molar-refractivity contribution in [3.63, 3.8) is 0 Å². The standard InChI is InChI=1S/C22H48O2Si/c1-7-8-9-10-11-12-13-14-15-16-17-18-19-20-25(6,23-21(2)3)24-22(4)5/h21-22H,7-20H2,1-6H3. The predicted molar refractivity (Wildman–Crippen MR) is 115 cm³/mol. The quantitative estimate of drug-likeness (QED) is 0.179. The van der Waals surface area contributed by atoms with Crippen molar-refractivity contribution in [2.24, 2.45) is 0 Å². The molecule has 3 heteroatoms. The Bertz CT molecular complexity index is 269. The van der Waals surface area contributed by atoms with Crippen LogP contribution in [0.5, 0.6) is 0 Å². The number of hydrogen-bond acceptors (Lipinski definition) is 2. The maximum Gasteiger partial charge on any atom is 0.335 e. The van der Waals surface area contributed by atoms with Gasteiger partial charge in [0.15, 0.2) is 0 Å². The van der Waals surface area contributed by atoms with Crippen LogP contribution >= 0.6 is 0 Å². The van der Waals surface area contributed by atoms with Crippen LogP contribution in [0.15, 0.2) is 0 Å². The van der Waals surface area contributed by atoms with Crippen molar-refractivity contribution < 1.29 is 8.85 Å². The second-order valence-electron chi connectivity index (χ2n) is 8.46. The van der Waals surface area contributed by atoms with E-state index in [2.05, 4.69) is 41.2 Å². The first kappa shape index (κ1) is 25.1.